The molecule has 1 saturated carbocycles. The second kappa shape index (κ2) is 6.38. The number of ether oxygens (including phenoxy) is 1. The molecule has 0 aromatic heterocycles. The number of hydrogen-bond acceptors (Lipinski definition) is 4. The number of para-hydroxylation sites is 1. The number of carbonyl (C=O) groups excluding carboxylic acids is 2. The molecule has 3 rings (SSSR count). The van der Waals surface area contributed by atoms with Crippen molar-refractivity contribution in [3.8, 4) is 5.75 Å². The van der Waals surface area contributed by atoms with Crippen LogP contribution in [0.15, 0.2) is 18.2 Å². The number of likely N-dealkylation sites (tertiary alicyclic amines) is 1. The predicted molar refractivity (Wildman–Crippen MR) is 98.7 cm³/mol. The fraction of sp³-hybridized carbons (Fsp3) is 0.619. The van der Waals surface area contributed by atoms with Gasteiger partial charge in [0.2, 0.25) is 11.8 Å². The molecule has 1 saturated heterocycles. The molecule has 5 nitrogen and oxygen atoms in total. The summed E-state index contributed by atoms with van der Waals surface area (Å²) in [5.41, 5.74) is 1.11. The number of aliphatic hydroxyl groups excluding tert-OH is 1. The third-order valence-electron chi connectivity index (χ3n) is 6.73. The summed E-state index contributed by atoms with van der Waals surface area (Å²) < 4.78 is 5.78. The van der Waals surface area contributed by atoms with E-state index in [4.69, 9.17) is 4.74 Å². The zero-order valence-electron chi connectivity index (χ0n) is 16.3. The minimum Gasteiger partial charge on any atom is -0.490 e. The van der Waals surface area contributed by atoms with Gasteiger partial charge in [0.1, 0.15) is 18.5 Å². The average molecular weight is 359 g/mol. The Balaban J connectivity index is 1.69. The van der Waals surface area contributed by atoms with Gasteiger partial charge in [-0.3, -0.25) is 14.5 Å². The summed E-state index contributed by atoms with van der Waals surface area (Å²) in [5.74, 6) is 0.279. The maximum absolute atomic E-state index is 13.0. The molecular formula is C21H29NO4. The van der Waals surface area contributed by atoms with Crippen molar-refractivity contribution >= 4 is 11.8 Å². The van der Waals surface area contributed by atoms with Crippen LogP contribution in [0, 0.1) is 30.6 Å². The van der Waals surface area contributed by atoms with Gasteiger partial charge < -0.3 is 9.84 Å². The van der Waals surface area contributed by atoms with Crippen LogP contribution in [0.3, 0.4) is 0 Å². The SMILES string of the molecule is Cc1cccc(C)c1OC[C@@H](O)CN1C(=O)[C@H]2CC[C@@](C)(C1=O)C2(C)C. The number of hydrogen-bond donors (Lipinski definition) is 1. The molecule has 1 heterocycles. The molecule has 26 heavy (non-hydrogen) atoms. The highest BCUT2D eigenvalue weighted by atomic mass is 16.5. The van der Waals surface area contributed by atoms with Gasteiger partial charge in [0.05, 0.1) is 12.0 Å². The van der Waals surface area contributed by atoms with Crippen LogP contribution in [0.25, 0.3) is 0 Å². The molecule has 0 unspecified atom stereocenters. The van der Waals surface area contributed by atoms with E-state index in [1.807, 2.05) is 52.8 Å². The van der Waals surface area contributed by atoms with Crippen molar-refractivity contribution in [3.05, 3.63) is 29.3 Å². The summed E-state index contributed by atoms with van der Waals surface area (Å²) in [6.07, 6.45) is 0.548. The van der Waals surface area contributed by atoms with Crippen LogP contribution >= 0.6 is 0 Å². The van der Waals surface area contributed by atoms with Gasteiger partial charge in [0, 0.05) is 5.92 Å². The van der Waals surface area contributed by atoms with Crippen molar-refractivity contribution in [2.24, 2.45) is 16.7 Å². The summed E-state index contributed by atoms with van der Waals surface area (Å²) in [6, 6.07) is 5.86. The van der Waals surface area contributed by atoms with E-state index in [1.165, 1.54) is 4.90 Å². The highest BCUT2D eigenvalue weighted by Gasteiger charge is 2.64. The predicted octanol–water partition coefficient (Wildman–Crippen LogP) is 2.85. The van der Waals surface area contributed by atoms with E-state index < -0.39 is 11.5 Å². The molecule has 2 amide bonds. The molecule has 2 aliphatic rings. The van der Waals surface area contributed by atoms with E-state index in [-0.39, 0.29) is 36.3 Å². The number of imide groups is 1. The van der Waals surface area contributed by atoms with E-state index in [0.717, 1.165) is 29.7 Å². The van der Waals surface area contributed by atoms with Gasteiger partial charge in [-0.2, -0.15) is 0 Å². The van der Waals surface area contributed by atoms with Crippen molar-refractivity contribution in [1.82, 2.24) is 4.90 Å². The maximum Gasteiger partial charge on any atom is 0.235 e. The minimum absolute atomic E-state index is 0.00916. The second-order valence-corrected chi connectivity index (χ2v) is 8.58. The Labute approximate surface area is 155 Å². The van der Waals surface area contributed by atoms with E-state index >= 15 is 0 Å². The van der Waals surface area contributed by atoms with Crippen molar-refractivity contribution in [2.45, 2.75) is 53.6 Å². The van der Waals surface area contributed by atoms with Crippen LogP contribution in [-0.4, -0.2) is 41.1 Å². The number of nitrogens with zero attached hydrogens (tertiary/aromatic N) is 1. The lowest BCUT2D eigenvalue weighted by atomic mass is 9.62. The molecule has 1 aliphatic carbocycles. The number of aliphatic hydroxyl groups is 1. The van der Waals surface area contributed by atoms with Crippen LogP contribution in [0.1, 0.15) is 44.7 Å². The van der Waals surface area contributed by atoms with Crippen LogP contribution in [0.2, 0.25) is 0 Å². The van der Waals surface area contributed by atoms with Crippen LogP contribution in [0.4, 0.5) is 0 Å². The molecule has 3 atom stereocenters. The highest BCUT2D eigenvalue weighted by molar-refractivity contribution is 6.03. The fourth-order valence-corrected chi connectivity index (χ4v) is 4.54. The topological polar surface area (TPSA) is 66.8 Å². The zero-order chi connectivity index (χ0) is 19.3. The van der Waals surface area contributed by atoms with Crippen molar-refractivity contribution in [3.63, 3.8) is 0 Å². The summed E-state index contributed by atoms with van der Waals surface area (Å²) in [7, 11) is 0. The minimum atomic E-state index is -0.911. The molecule has 2 fully saturated rings. The number of amides is 2. The maximum atomic E-state index is 13.0. The Kier molecular flexibility index (Phi) is 4.63. The number of fused-ring (bicyclic) bond motifs is 2. The molecule has 142 valence electrons. The summed E-state index contributed by atoms with van der Waals surface area (Å²) in [4.78, 5) is 27.1. The molecular weight excluding hydrogens is 330 g/mol. The monoisotopic (exact) mass is 359 g/mol. The third-order valence-corrected chi connectivity index (χ3v) is 6.73. The van der Waals surface area contributed by atoms with Gasteiger partial charge in [0.25, 0.3) is 0 Å². The lowest BCUT2D eigenvalue weighted by Gasteiger charge is -2.48. The van der Waals surface area contributed by atoms with E-state index in [0.29, 0.717) is 0 Å². The normalized spacial score (nSPS) is 28.4. The first-order chi connectivity index (χ1) is 12.1. The average Bonchev–Trinajstić information content (AvgIpc) is 2.75. The Morgan fingerprint density at radius 2 is 1.85 bits per heavy atom. The molecule has 2 bridgehead atoms. The standard InChI is InChI=1S/C21H29NO4/c1-13-7-6-8-14(2)17(13)26-12-15(23)11-22-18(24)16-9-10-21(5,19(22)25)20(16,3)4/h6-8,15-16,23H,9-12H2,1-5H3/t15-,16+,21-/m0/s1. The first-order valence-corrected chi connectivity index (χ1v) is 9.32. The van der Waals surface area contributed by atoms with Crippen molar-refractivity contribution in [1.29, 1.82) is 0 Å². The summed E-state index contributed by atoms with van der Waals surface area (Å²) in [5, 5.41) is 10.4. The lowest BCUT2D eigenvalue weighted by Crippen LogP contribution is -2.60. The van der Waals surface area contributed by atoms with E-state index in [9.17, 15) is 14.7 Å². The number of piperidine rings is 1. The Morgan fingerprint density at radius 3 is 2.46 bits per heavy atom. The van der Waals surface area contributed by atoms with Crippen LogP contribution < -0.4 is 4.74 Å². The lowest BCUT2D eigenvalue weighted by molar-refractivity contribution is -0.169. The Hall–Kier alpha value is -1.88. The van der Waals surface area contributed by atoms with Crippen LogP contribution in [-0.2, 0) is 9.59 Å². The number of rotatable bonds is 5. The molecule has 0 radical (unpaired) electrons. The molecule has 5 heteroatoms. The van der Waals surface area contributed by atoms with Gasteiger partial charge >= 0.3 is 0 Å². The molecule has 0 spiro atoms. The highest BCUT2D eigenvalue weighted by Crippen LogP contribution is 2.60. The van der Waals surface area contributed by atoms with Gasteiger partial charge in [-0.1, -0.05) is 39.0 Å². The number of carbonyl (C=O) groups is 2. The number of benzene rings is 1. The van der Waals surface area contributed by atoms with Gasteiger partial charge in [0.15, 0.2) is 0 Å². The fourth-order valence-electron chi connectivity index (χ4n) is 4.54. The third kappa shape index (κ3) is 2.73. The molecule has 1 N–H and O–H groups in total. The van der Waals surface area contributed by atoms with E-state index in [2.05, 4.69) is 0 Å². The van der Waals surface area contributed by atoms with Gasteiger partial charge in [-0.15, -0.1) is 0 Å². The number of β-amino-alcohol motifs (C(OH)–C–C–N with tert-alkyl or cyclic N) is 1. The molecule has 1 aromatic carbocycles. The quantitative estimate of drug-likeness (QED) is 0.821. The van der Waals surface area contributed by atoms with Crippen LogP contribution in [0.5, 0.6) is 5.75 Å². The molecule has 1 aliphatic heterocycles. The summed E-state index contributed by atoms with van der Waals surface area (Å²) in [6.45, 7) is 9.92. The largest absolute Gasteiger partial charge is 0.490 e. The molecule has 1 aromatic rings. The van der Waals surface area contributed by atoms with Crippen molar-refractivity contribution in [2.75, 3.05) is 13.2 Å². The zero-order valence-corrected chi connectivity index (χ0v) is 16.3. The van der Waals surface area contributed by atoms with E-state index in [1.54, 1.807) is 0 Å². The first kappa shape index (κ1) is 18.9. The van der Waals surface area contributed by atoms with Gasteiger partial charge in [-0.05, 0) is 43.2 Å². The smallest absolute Gasteiger partial charge is 0.235 e. The Morgan fingerprint density at radius 1 is 1.23 bits per heavy atom. The van der Waals surface area contributed by atoms with Gasteiger partial charge in [-0.25, -0.2) is 0 Å². The first-order valence-electron chi connectivity index (χ1n) is 9.32. The summed E-state index contributed by atoms with van der Waals surface area (Å²) >= 11 is 0. The second-order valence-electron chi connectivity index (χ2n) is 8.58. The van der Waals surface area contributed by atoms with Crippen molar-refractivity contribution < 1.29 is 19.4 Å². The Bertz CT molecular complexity index is 721. The number of aryl methyl sites for hydroxylation is 2.